The molecule has 0 aromatic heterocycles. The van der Waals surface area contributed by atoms with Crippen molar-refractivity contribution in [2.24, 2.45) is 9.63 Å². The molecule has 1 heterocycles. The lowest BCUT2D eigenvalue weighted by atomic mass is 10.2. The van der Waals surface area contributed by atoms with Crippen LogP contribution in [0.5, 0.6) is 0 Å². The highest BCUT2D eigenvalue weighted by molar-refractivity contribution is 7.90. The average molecular weight is 321 g/mol. The van der Waals surface area contributed by atoms with Crippen LogP contribution in [-0.2, 0) is 10.0 Å². The molecule has 1 aliphatic heterocycles. The van der Waals surface area contributed by atoms with Crippen LogP contribution in [0.1, 0.15) is 10.4 Å². The Balaban J connectivity index is 2.24. The summed E-state index contributed by atoms with van der Waals surface area (Å²) in [6.45, 7) is 0. The monoisotopic (exact) mass is 321 g/mol. The molecule has 0 saturated heterocycles. The number of hydrogen-bond donors (Lipinski definition) is 2. The van der Waals surface area contributed by atoms with Crippen LogP contribution in [0.4, 0.5) is 0 Å². The molecule has 9 heteroatoms. The van der Waals surface area contributed by atoms with Crippen molar-refractivity contribution in [1.82, 2.24) is 5.06 Å². The summed E-state index contributed by atoms with van der Waals surface area (Å²) in [6, 6.07) is 4.78. The third-order valence-electron chi connectivity index (χ3n) is 2.59. The van der Waals surface area contributed by atoms with Crippen LogP contribution in [0.3, 0.4) is 0 Å². The number of carboxylic acids is 1. The predicted octanol–water partition coefficient (Wildman–Crippen LogP) is 2.14. The lowest BCUT2D eigenvalue weighted by Gasteiger charge is -2.13. The van der Waals surface area contributed by atoms with Crippen LogP contribution in [0.15, 0.2) is 75.1 Å². The molecule has 0 unspecified atom stereocenters. The Bertz CT molecular complexity index is 809. The van der Waals surface area contributed by atoms with Crippen LogP contribution in [0.2, 0.25) is 0 Å². The lowest BCUT2D eigenvalue weighted by Crippen LogP contribution is -2.10. The second kappa shape index (κ2) is 6.33. The van der Waals surface area contributed by atoms with E-state index in [-0.39, 0.29) is 16.2 Å². The second-order valence-electron chi connectivity index (χ2n) is 4.10. The summed E-state index contributed by atoms with van der Waals surface area (Å²) in [7, 11) is -4.13. The van der Waals surface area contributed by atoms with E-state index in [1.54, 1.807) is 12.2 Å². The first kappa shape index (κ1) is 15.6. The molecule has 1 aliphatic rings. The molecule has 1 aromatic carbocycles. The van der Waals surface area contributed by atoms with Gasteiger partial charge < -0.3 is 5.11 Å². The molecular formula is C13H11N3O5S. The van der Waals surface area contributed by atoms with E-state index >= 15 is 0 Å². The fourth-order valence-corrected chi connectivity index (χ4v) is 2.32. The third-order valence-corrected chi connectivity index (χ3v) is 3.75. The highest BCUT2D eigenvalue weighted by Gasteiger charge is 2.15. The van der Waals surface area contributed by atoms with Crippen LogP contribution in [0, 0.1) is 0 Å². The molecule has 2 N–H and O–H groups in total. The minimum Gasteiger partial charge on any atom is -0.478 e. The molecule has 0 spiro atoms. The highest BCUT2D eigenvalue weighted by Crippen LogP contribution is 2.16. The van der Waals surface area contributed by atoms with Crippen LogP contribution in [-0.4, -0.2) is 29.8 Å². The average Bonchev–Trinajstić information content (AvgIpc) is 2.49. The number of carboxylic acid groups (broad SMARTS) is 1. The maximum Gasteiger partial charge on any atom is 0.335 e. The van der Waals surface area contributed by atoms with Crippen molar-refractivity contribution in [3.63, 3.8) is 0 Å². The topological polar surface area (TPSA) is 120 Å². The zero-order valence-electron chi connectivity index (χ0n) is 11.1. The molecule has 0 aliphatic carbocycles. The van der Waals surface area contributed by atoms with E-state index in [0.29, 0.717) is 0 Å². The van der Waals surface area contributed by atoms with Crippen LogP contribution >= 0.6 is 0 Å². The second-order valence-corrected chi connectivity index (χ2v) is 5.69. The minimum absolute atomic E-state index is 0.170. The zero-order chi connectivity index (χ0) is 16.2. The number of benzene rings is 1. The Morgan fingerprint density at radius 3 is 2.73 bits per heavy atom. The Hall–Kier alpha value is -2.78. The van der Waals surface area contributed by atoms with E-state index < -0.39 is 16.0 Å². The largest absolute Gasteiger partial charge is 0.478 e. The van der Waals surface area contributed by atoms with E-state index in [1.165, 1.54) is 30.5 Å². The molecule has 0 atom stereocenters. The summed E-state index contributed by atoms with van der Waals surface area (Å²) in [5.41, 5.74) is 0.0530. The Morgan fingerprint density at radius 1 is 1.27 bits per heavy atom. The SMILES string of the molecule is O=C(O)c1cccc(S(=O)(=O)N=N/C=C2\C=CC=CN2O)c1. The summed E-state index contributed by atoms with van der Waals surface area (Å²) in [5.74, 6) is -1.24. The maximum atomic E-state index is 11.9. The molecule has 0 saturated carbocycles. The number of aromatic carboxylic acids is 1. The minimum atomic E-state index is -4.13. The molecule has 0 bridgehead atoms. The number of allylic oxidation sites excluding steroid dienone is 3. The van der Waals surface area contributed by atoms with Crippen molar-refractivity contribution < 1.29 is 23.5 Å². The fourth-order valence-electron chi connectivity index (χ4n) is 1.53. The number of sulfonamides is 1. The molecule has 114 valence electrons. The van der Waals surface area contributed by atoms with Gasteiger partial charge >= 0.3 is 5.97 Å². The molecule has 2 rings (SSSR count). The predicted molar refractivity (Wildman–Crippen MR) is 75.4 cm³/mol. The van der Waals surface area contributed by atoms with Gasteiger partial charge in [0.25, 0.3) is 10.0 Å². The first-order valence-corrected chi connectivity index (χ1v) is 7.38. The molecule has 0 amide bonds. The van der Waals surface area contributed by atoms with Gasteiger partial charge in [-0.3, -0.25) is 5.21 Å². The summed E-state index contributed by atoms with van der Waals surface area (Å²) in [4.78, 5) is 10.5. The molecule has 22 heavy (non-hydrogen) atoms. The van der Waals surface area contributed by atoms with Gasteiger partial charge in [0.1, 0.15) is 0 Å². The van der Waals surface area contributed by atoms with Gasteiger partial charge in [0.15, 0.2) is 0 Å². The van der Waals surface area contributed by atoms with Crippen molar-refractivity contribution in [1.29, 1.82) is 0 Å². The Morgan fingerprint density at radius 2 is 2.05 bits per heavy atom. The first-order chi connectivity index (χ1) is 10.4. The summed E-state index contributed by atoms with van der Waals surface area (Å²) in [5, 5.41) is 22.4. The number of hydrogen-bond acceptors (Lipinski definition) is 6. The van der Waals surface area contributed by atoms with Gasteiger partial charge in [-0.1, -0.05) is 16.7 Å². The van der Waals surface area contributed by atoms with Crippen molar-refractivity contribution in [2.45, 2.75) is 4.90 Å². The van der Waals surface area contributed by atoms with Crippen LogP contribution < -0.4 is 0 Å². The quantitative estimate of drug-likeness (QED) is 0.820. The summed E-state index contributed by atoms with van der Waals surface area (Å²) >= 11 is 0. The Kier molecular flexibility index (Phi) is 4.49. The number of carbonyl (C=O) groups is 1. The molecular weight excluding hydrogens is 310 g/mol. The zero-order valence-corrected chi connectivity index (χ0v) is 11.9. The number of rotatable bonds is 4. The molecule has 0 fully saturated rings. The Labute approximate surface area is 126 Å². The molecule has 0 radical (unpaired) electrons. The van der Waals surface area contributed by atoms with E-state index in [4.69, 9.17) is 5.11 Å². The summed E-state index contributed by atoms with van der Waals surface area (Å²) in [6.07, 6.45) is 7.09. The standard InChI is InChI=1S/C13H11N3O5S/c17-13(18)10-4-3-6-12(8-10)22(20,21)15-14-9-11-5-1-2-7-16(11)19/h1-9,19H,(H,17,18)/b11-9+,15-14?. The third kappa shape index (κ3) is 3.65. The van der Waals surface area contributed by atoms with Gasteiger partial charge in [-0.25, -0.2) is 9.86 Å². The van der Waals surface area contributed by atoms with E-state index in [0.717, 1.165) is 17.3 Å². The van der Waals surface area contributed by atoms with E-state index in [9.17, 15) is 18.4 Å². The highest BCUT2D eigenvalue weighted by atomic mass is 32.2. The van der Waals surface area contributed by atoms with Crippen molar-refractivity contribution in [3.05, 3.63) is 66.2 Å². The van der Waals surface area contributed by atoms with Gasteiger partial charge in [0.2, 0.25) is 0 Å². The van der Waals surface area contributed by atoms with E-state index in [2.05, 4.69) is 9.63 Å². The van der Waals surface area contributed by atoms with Gasteiger partial charge in [0.05, 0.1) is 22.4 Å². The van der Waals surface area contributed by atoms with Gasteiger partial charge in [0, 0.05) is 6.20 Å². The van der Waals surface area contributed by atoms with Gasteiger partial charge in [-0.2, -0.15) is 8.42 Å². The maximum absolute atomic E-state index is 11.9. The number of hydroxylamine groups is 2. The van der Waals surface area contributed by atoms with E-state index in [1.807, 2.05) is 0 Å². The summed E-state index contributed by atoms with van der Waals surface area (Å²) < 4.78 is 27.1. The lowest BCUT2D eigenvalue weighted by molar-refractivity contribution is -0.000515. The molecule has 1 aromatic rings. The van der Waals surface area contributed by atoms with Gasteiger partial charge in [-0.15, -0.1) is 5.11 Å². The normalized spacial score (nSPS) is 16.6. The van der Waals surface area contributed by atoms with Crippen molar-refractivity contribution in [2.75, 3.05) is 0 Å². The number of nitrogens with zero attached hydrogens (tertiary/aromatic N) is 3. The van der Waals surface area contributed by atoms with Gasteiger partial charge in [-0.05, 0) is 30.4 Å². The van der Waals surface area contributed by atoms with Crippen molar-refractivity contribution >= 4 is 16.0 Å². The fraction of sp³-hybridized carbons (Fsp3) is 0. The van der Waals surface area contributed by atoms with Crippen LogP contribution in [0.25, 0.3) is 0 Å². The molecule has 8 nitrogen and oxygen atoms in total. The van der Waals surface area contributed by atoms with Crippen molar-refractivity contribution in [3.8, 4) is 0 Å². The smallest absolute Gasteiger partial charge is 0.335 e. The first-order valence-electron chi connectivity index (χ1n) is 5.94.